The van der Waals surface area contributed by atoms with Gasteiger partial charge in [0.1, 0.15) is 0 Å². The Morgan fingerprint density at radius 2 is 1.78 bits per heavy atom. The molecule has 2 saturated carbocycles. The molecular formula is C30H50N2. The molecule has 0 aromatic heterocycles. The van der Waals surface area contributed by atoms with Crippen LogP contribution in [0.4, 0.5) is 0 Å². The molecule has 32 heavy (non-hydrogen) atoms. The van der Waals surface area contributed by atoms with E-state index in [0.717, 1.165) is 29.6 Å². The minimum atomic E-state index is 0.362. The summed E-state index contributed by atoms with van der Waals surface area (Å²) in [5, 5.41) is 12.9. The molecule has 0 bridgehead atoms. The number of rotatable bonds is 11. The van der Waals surface area contributed by atoms with E-state index in [9.17, 15) is 5.26 Å². The summed E-state index contributed by atoms with van der Waals surface area (Å²) in [6, 6.07) is 2.61. The fourth-order valence-electron chi connectivity index (χ4n) is 7.10. The first kappa shape index (κ1) is 26.8. The molecule has 2 aliphatic carbocycles. The van der Waals surface area contributed by atoms with Gasteiger partial charge >= 0.3 is 0 Å². The van der Waals surface area contributed by atoms with Crippen molar-refractivity contribution < 1.29 is 0 Å². The van der Waals surface area contributed by atoms with Crippen LogP contribution in [0.25, 0.3) is 0 Å². The first-order chi connectivity index (χ1) is 15.2. The summed E-state index contributed by atoms with van der Waals surface area (Å²) in [4.78, 5) is 0. The van der Waals surface area contributed by atoms with E-state index in [1.807, 2.05) is 6.20 Å². The molecule has 0 aromatic rings. The maximum absolute atomic E-state index is 9.33. The van der Waals surface area contributed by atoms with Gasteiger partial charge in [-0.1, -0.05) is 73.1 Å². The fraction of sp³-hybridized carbons (Fsp3) is 0.833. The molecule has 0 saturated heterocycles. The van der Waals surface area contributed by atoms with E-state index in [0.29, 0.717) is 29.4 Å². The molecule has 1 N–H and O–H groups in total. The van der Waals surface area contributed by atoms with Gasteiger partial charge in [0, 0.05) is 18.7 Å². The van der Waals surface area contributed by atoms with Gasteiger partial charge in [-0.3, -0.25) is 0 Å². The lowest BCUT2D eigenvalue weighted by molar-refractivity contribution is 0.0716. The highest BCUT2D eigenvalue weighted by atomic mass is 14.9. The van der Waals surface area contributed by atoms with Gasteiger partial charge in [-0.25, -0.2) is 0 Å². The van der Waals surface area contributed by atoms with Gasteiger partial charge in [0.05, 0.1) is 11.6 Å². The number of hydrogen-bond donors (Lipinski definition) is 1. The molecule has 2 fully saturated rings. The monoisotopic (exact) mass is 438 g/mol. The Kier molecular flexibility index (Phi) is 10.7. The Morgan fingerprint density at radius 1 is 1.09 bits per heavy atom. The van der Waals surface area contributed by atoms with E-state index in [2.05, 4.69) is 58.8 Å². The van der Waals surface area contributed by atoms with Gasteiger partial charge in [-0.2, -0.15) is 5.26 Å². The summed E-state index contributed by atoms with van der Waals surface area (Å²) < 4.78 is 0. The van der Waals surface area contributed by atoms with Crippen LogP contribution in [-0.4, -0.2) is 6.04 Å². The highest BCUT2D eigenvalue weighted by Crippen LogP contribution is 2.56. The highest BCUT2D eigenvalue weighted by Gasteiger charge is 2.49. The molecule has 0 radical (unpaired) electrons. The summed E-state index contributed by atoms with van der Waals surface area (Å²) >= 11 is 0. The molecule has 2 rings (SSSR count). The Morgan fingerprint density at radius 3 is 2.41 bits per heavy atom. The third-order valence-electron chi connectivity index (χ3n) is 9.27. The average molecular weight is 439 g/mol. The Labute approximate surface area is 200 Å². The standard InChI is InChI=1S/C30H50N2/c1-8-11-26(20-31)21-32-25(6)29-17-16-28(30(29,7)19-18-22(2)3)24(5)14-15-27-13-10-9-12-23(27)4/h1,21-25,27-29,32H,9-19H2,2-7H3/b26-21+. The molecule has 7 atom stereocenters. The van der Waals surface area contributed by atoms with Crippen LogP contribution in [0.15, 0.2) is 11.8 Å². The summed E-state index contributed by atoms with van der Waals surface area (Å²) in [6.07, 6.45) is 21.6. The van der Waals surface area contributed by atoms with E-state index < -0.39 is 0 Å². The first-order valence-electron chi connectivity index (χ1n) is 13.5. The van der Waals surface area contributed by atoms with Crippen LogP contribution in [0.3, 0.4) is 0 Å². The molecule has 7 unspecified atom stereocenters. The minimum absolute atomic E-state index is 0.362. The van der Waals surface area contributed by atoms with Crippen LogP contribution in [0.5, 0.6) is 0 Å². The molecule has 0 amide bonds. The number of nitrogens with one attached hydrogen (secondary N) is 1. The van der Waals surface area contributed by atoms with E-state index in [4.69, 9.17) is 6.42 Å². The molecule has 2 aliphatic rings. The second-order valence-corrected chi connectivity index (χ2v) is 11.9. The van der Waals surface area contributed by atoms with Crippen molar-refractivity contribution in [2.75, 3.05) is 0 Å². The van der Waals surface area contributed by atoms with Crippen LogP contribution < -0.4 is 5.32 Å². The number of hydrogen-bond acceptors (Lipinski definition) is 2. The summed E-state index contributed by atoms with van der Waals surface area (Å²) in [5.74, 6) is 7.47. The first-order valence-corrected chi connectivity index (χ1v) is 13.5. The number of nitriles is 1. The molecule has 0 spiro atoms. The lowest BCUT2D eigenvalue weighted by Gasteiger charge is -2.43. The summed E-state index contributed by atoms with van der Waals surface area (Å²) in [5.41, 5.74) is 1.02. The topological polar surface area (TPSA) is 35.8 Å². The van der Waals surface area contributed by atoms with Crippen molar-refractivity contribution in [3.8, 4) is 18.4 Å². The van der Waals surface area contributed by atoms with Crippen molar-refractivity contribution in [3.05, 3.63) is 11.8 Å². The second-order valence-electron chi connectivity index (χ2n) is 11.9. The van der Waals surface area contributed by atoms with E-state index in [-0.39, 0.29) is 0 Å². The molecule has 0 aromatic carbocycles. The third kappa shape index (κ3) is 7.04. The van der Waals surface area contributed by atoms with Crippen LogP contribution in [0.2, 0.25) is 0 Å². The third-order valence-corrected chi connectivity index (χ3v) is 9.27. The Bertz CT molecular complexity index is 678. The number of allylic oxidation sites excluding steroid dienone is 1. The quantitative estimate of drug-likeness (QED) is 0.261. The molecular weight excluding hydrogens is 388 g/mol. The molecule has 2 nitrogen and oxygen atoms in total. The molecule has 0 aliphatic heterocycles. The largest absolute Gasteiger partial charge is 0.387 e. The van der Waals surface area contributed by atoms with Crippen molar-refractivity contribution in [2.45, 2.75) is 118 Å². The van der Waals surface area contributed by atoms with Crippen molar-refractivity contribution >= 4 is 0 Å². The lowest BCUT2D eigenvalue weighted by atomic mass is 9.63. The average Bonchev–Trinajstić information content (AvgIpc) is 3.11. The van der Waals surface area contributed by atoms with E-state index in [1.54, 1.807) is 0 Å². The smallest absolute Gasteiger partial charge is 0.0972 e. The zero-order valence-electron chi connectivity index (χ0n) is 21.9. The maximum atomic E-state index is 9.33. The van der Waals surface area contributed by atoms with E-state index in [1.165, 1.54) is 64.2 Å². The number of nitrogens with zero attached hydrogens (tertiary/aromatic N) is 1. The van der Waals surface area contributed by atoms with Crippen LogP contribution >= 0.6 is 0 Å². The molecule has 180 valence electrons. The molecule has 2 heteroatoms. The number of terminal acetylenes is 1. The predicted octanol–water partition coefficient (Wildman–Crippen LogP) is 8.11. The zero-order chi connectivity index (χ0) is 23.7. The van der Waals surface area contributed by atoms with Gasteiger partial charge in [0.15, 0.2) is 0 Å². The Hall–Kier alpha value is -1.41. The van der Waals surface area contributed by atoms with Crippen molar-refractivity contribution in [3.63, 3.8) is 0 Å². The Balaban J connectivity index is 2.09. The van der Waals surface area contributed by atoms with Crippen molar-refractivity contribution in [1.29, 1.82) is 5.26 Å². The van der Waals surface area contributed by atoms with Crippen LogP contribution in [0, 0.1) is 64.6 Å². The van der Waals surface area contributed by atoms with Gasteiger partial charge in [-0.15, -0.1) is 12.3 Å². The zero-order valence-corrected chi connectivity index (χ0v) is 21.9. The van der Waals surface area contributed by atoms with Gasteiger partial charge < -0.3 is 5.32 Å². The van der Waals surface area contributed by atoms with E-state index >= 15 is 0 Å². The SMILES string of the molecule is C#CC/C(C#N)=C\NC(C)C1CCC(C(C)CCC2CCCCC2C)C1(C)CCC(C)C. The van der Waals surface area contributed by atoms with Crippen LogP contribution in [0.1, 0.15) is 112 Å². The van der Waals surface area contributed by atoms with Crippen molar-refractivity contribution in [2.24, 2.45) is 40.9 Å². The predicted molar refractivity (Wildman–Crippen MR) is 138 cm³/mol. The van der Waals surface area contributed by atoms with Crippen LogP contribution in [-0.2, 0) is 0 Å². The second kappa shape index (κ2) is 12.7. The molecule has 0 heterocycles. The fourth-order valence-corrected chi connectivity index (χ4v) is 7.10. The highest BCUT2D eigenvalue weighted by molar-refractivity contribution is 5.24. The normalized spacial score (nSPS) is 32.8. The van der Waals surface area contributed by atoms with Gasteiger partial charge in [0.25, 0.3) is 0 Å². The lowest BCUT2D eigenvalue weighted by Crippen LogP contribution is -2.42. The van der Waals surface area contributed by atoms with Crippen molar-refractivity contribution in [1.82, 2.24) is 5.32 Å². The summed E-state index contributed by atoms with van der Waals surface area (Å²) in [6.45, 7) is 14.7. The van der Waals surface area contributed by atoms with Gasteiger partial charge in [-0.05, 0) is 73.5 Å². The minimum Gasteiger partial charge on any atom is -0.387 e. The summed E-state index contributed by atoms with van der Waals surface area (Å²) in [7, 11) is 0. The van der Waals surface area contributed by atoms with Gasteiger partial charge in [0.2, 0.25) is 0 Å². The maximum Gasteiger partial charge on any atom is 0.0972 e.